The minimum atomic E-state index is 0.460. The van der Waals surface area contributed by atoms with Crippen LogP contribution in [0.2, 0.25) is 0 Å². The van der Waals surface area contributed by atoms with Crippen molar-refractivity contribution in [2.24, 2.45) is 0 Å². The van der Waals surface area contributed by atoms with Gasteiger partial charge in [0.2, 0.25) is 11.7 Å². The molecule has 0 saturated carbocycles. The van der Waals surface area contributed by atoms with Gasteiger partial charge in [0.1, 0.15) is 0 Å². The molecular weight excluding hydrogens is 302 g/mol. The van der Waals surface area contributed by atoms with E-state index in [-0.39, 0.29) is 0 Å². The Kier molecular flexibility index (Phi) is 3.46. The smallest absolute Gasteiger partial charge is 0.258 e. The minimum Gasteiger partial charge on any atom is -0.480 e. The second-order valence-corrected chi connectivity index (χ2v) is 5.53. The summed E-state index contributed by atoms with van der Waals surface area (Å²) in [5.74, 6) is 1.41. The molecule has 0 fully saturated rings. The number of fused-ring (bicyclic) bond motifs is 1. The molecule has 2 heterocycles. The van der Waals surface area contributed by atoms with E-state index < -0.39 is 0 Å². The van der Waals surface area contributed by atoms with Crippen LogP contribution in [0.5, 0.6) is 5.88 Å². The Bertz CT molecular complexity index is 1010. The third kappa shape index (κ3) is 2.50. The second kappa shape index (κ2) is 5.77. The lowest BCUT2D eigenvalue weighted by Gasteiger charge is -2.07. The molecule has 0 aliphatic rings. The summed E-state index contributed by atoms with van der Waals surface area (Å²) in [7, 11) is 1.59. The Morgan fingerprint density at radius 2 is 1.79 bits per heavy atom. The molecule has 0 spiro atoms. The maximum absolute atomic E-state index is 5.42. The van der Waals surface area contributed by atoms with Crippen molar-refractivity contribution in [2.45, 2.75) is 6.92 Å². The van der Waals surface area contributed by atoms with Crippen LogP contribution in [0.1, 0.15) is 5.56 Å². The Hall–Kier alpha value is -3.21. The molecule has 0 aliphatic heterocycles. The van der Waals surface area contributed by atoms with Crippen molar-refractivity contribution < 1.29 is 9.26 Å². The standard InChI is InChI=1S/C19H15N3O2/c1-12-8-9-16-14(10-12)11-15(19(20-16)23-2)17-21-18(24-22-17)13-6-4-3-5-7-13/h3-11H,1-2H3. The molecule has 0 N–H and O–H groups in total. The predicted molar refractivity (Wildman–Crippen MR) is 91.8 cm³/mol. The third-order valence-electron chi connectivity index (χ3n) is 3.82. The molecule has 5 heteroatoms. The van der Waals surface area contributed by atoms with Crippen LogP contribution in [-0.2, 0) is 0 Å². The molecule has 0 atom stereocenters. The molecule has 0 bridgehead atoms. The summed E-state index contributed by atoms with van der Waals surface area (Å²) in [6.45, 7) is 2.05. The van der Waals surface area contributed by atoms with Gasteiger partial charge in [-0.2, -0.15) is 4.98 Å². The number of rotatable bonds is 3. The molecule has 4 rings (SSSR count). The summed E-state index contributed by atoms with van der Waals surface area (Å²) in [5, 5.41) is 5.11. The van der Waals surface area contributed by atoms with Crippen LogP contribution in [0.15, 0.2) is 59.1 Å². The maximum Gasteiger partial charge on any atom is 0.258 e. The van der Waals surface area contributed by atoms with E-state index in [1.807, 2.05) is 55.5 Å². The number of ether oxygens (including phenoxy) is 1. The second-order valence-electron chi connectivity index (χ2n) is 5.53. The predicted octanol–water partition coefficient (Wildman–Crippen LogP) is 4.27. The molecule has 5 nitrogen and oxygen atoms in total. The first-order valence-corrected chi connectivity index (χ1v) is 7.59. The van der Waals surface area contributed by atoms with Crippen molar-refractivity contribution >= 4 is 10.9 Å². The lowest BCUT2D eigenvalue weighted by molar-refractivity contribution is 0.399. The number of methoxy groups -OCH3 is 1. The first-order chi connectivity index (χ1) is 11.7. The summed E-state index contributed by atoms with van der Waals surface area (Å²) in [6, 6.07) is 17.7. The van der Waals surface area contributed by atoms with Gasteiger partial charge in [-0.25, -0.2) is 4.98 Å². The van der Waals surface area contributed by atoms with Crippen molar-refractivity contribution in [1.29, 1.82) is 0 Å². The molecule has 0 aliphatic carbocycles. The molecule has 0 amide bonds. The molecule has 118 valence electrons. The van der Waals surface area contributed by atoms with Gasteiger partial charge in [0.15, 0.2) is 0 Å². The fourth-order valence-corrected chi connectivity index (χ4v) is 2.62. The van der Waals surface area contributed by atoms with E-state index in [0.717, 1.165) is 16.5 Å². The van der Waals surface area contributed by atoms with Gasteiger partial charge in [0.25, 0.3) is 5.89 Å². The molecule has 2 aromatic heterocycles. The van der Waals surface area contributed by atoms with Crippen LogP contribution in [0.25, 0.3) is 33.7 Å². The average molecular weight is 317 g/mol. The molecule has 2 aromatic carbocycles. The minimum absolute atomic E-state index is 0.460. The lowest BCUT2D eigenvalue weighted by Crippen LogP contribution is -1.94. The normalized spacial score (nSPS) is 10.9. The van der Waals surface area contributed by atoms with Gasteiger partial charge < -0.3 is 9.26 Å². The van der Waals surface area contributed by atoms with Gasteiger partial charge in [-0.15, -0.1) is 0 Å². The zero-order chi connectivity index (χ0) is 16.5. The molecule has 0 radical (unpaired) electrons. The summed E-state index contributed by atoms with van der Waals surface area (Å²) in [5.41, 5.74) is 3.62. The van der Waals surface area contributed by atoms with E-state index in [4.69, 9.17) is 9.26 Å². The first-order valence-electron chi connectivity index (χ1n) is 7.59. The Morgan fingerprint density at radius 3 is 2.58 bits per heavy atom. The zero-order valence-electron chi connectivity index (χ0n) is 13.4. The van der Waals surface area contributed by atoms with Gasteiger partial charge in [-0.1, -0.05) is 35.0 Å². The van der Waals surface area contributed by atoms with E-state index >= 15 is 0 Å². The fourth-order valence-electron chi connectivity index (χ4n) is 2.62. The number of aromatic nitrogens is 3. The molecule has 4 aromatic rings. The highest BCUT2D eigenvalue weighted by atomic mass is 16.5. The Morgan fingerprint density at radius 1 is 0.958 bits per heavy atom. The summed E-state index contributed by atoms with van der Waals surface area (Å²) < 4.78 is 10.8. The lowest BCUT2D eigenvalue weighted by atomic mass is 10.1. The van der Waals surface area contributed by atoms with Crippen molar-refractivity contribution in [3.8, 4) is 28.7 Å². The van der Waals surface area contributed by atoms with Crippen LogP contribution in [0.3, 0.4) is 0 Å². The average Bonchev–Trinajstić information content (AvgIpc) is 3.11. The molecule has 0 unspecified atom stereocenters. The number of pyridine rings is 1. The monoisotopic (exact) mass is 317 g/mol. The number of nitrogens with zero attached hydrogens (tertiary/aromatic N) is 3. The SMILES string of the molecule is COc1nc2ccc(C)cc2cc1-c1noc(-c2ccccc2)n1. The van der Waals surface area contributed by atoms with Gasteiger partial charge in [-0.3, -0.25) is 0 Å². The van der Waals surface area contributed by atoms with Crippen LogP contribution < -0.4 is 4.74 Å². The van der Waals surface area contributed by atoms with Crippen molar-refractivity contribution in [2.75, 3.05) is 7.11 Å². The van der Waals surface area contributed by atoms with Crippen LogP contribution in [0, 0.1) is 6.92 Å². The maximum atomic E-state index is 5.42. The molecule has 24 heavy (non-hydrogen) atoms. The van der Waals surface area contributed by atoms with Crippen LogP contribution in [-0.4, -0.2) is 22.2 Å². The third-order valence-corrected chi connectivity index (χ3v) is 3.82. The Balaban J connectivity index is 1.85. The van der Waals surface area contributed by atoms with Gasteiger partial charge >= 0.3 is 0 Å². The van der Waals surface area contributed by atoms with Gasteiger partial charge in [0.05, 0.1) is 18.2 Å². The number of benzene rings is 2. The van der Waals surface area contributed by atoms with Crippen LogP contribution in [0.4, 0.5) is 0 Å². The van der Waals surface area contributed by atoms with E-state index in [1.54, 1.807) is 7.11 Å². The summed E-state index contributed by atoms with van der Waals surface area (Å²) in [4.78, 5) is 9.04. The first kappa shape index (κ1) is 14.4. The molecular formula is C19H15N3O2. The van der Waals surface area contributed by atoms with E-state index in [1.165, 1.54) is 5.56 Å². The van der Waals surface area contributed by atoms with Crippen molar-refractivity contribution in [3.63, 3.8) is 0 Å². The Labute approximate surface area is 138 Å². The quantitative estimate of drug-likeness (QED) is 0.565. The van der Waals surface area contributed by atoms with E-state index in [9.17, 15) is 0 Å². The van der Waals surface area contributed by atoms with E-state index in [0.29, 0.717) is 23.2 Å². The van der Waals surface area contributed by atoms with Crippen LogP contribution >= 0.6 is 0 Å². The largest absolute Gasteiger partial charge is 0.480 e. The number of hydrogen-bond donors (Lipinski definition) is 0. The summed E-state index contributed by atoms with van der Waals surface area (Å²) in [6.07, 6.45) is 0. The zero-order valence-corrected chi connectivity index (χ0v) is 13.4. The highest BCUT2D eigenvalue weighted by Crippen LogP contribution is 2.31. The topological polar surface area (TPSA) is 61.0 Å². The highest BCUT2D eigenvalue weighted by molar-refractivity contribution is 5.85. The summed E-state index contributed by atoms with van der Waals surface area (Å²) >= 11 is 0. The van der Waals surface area contributed by atoms with Crippen molar-refractivity contribution in [1.82, 2.24) is 15.1 Å². The fraction of sp³-hybridized carbons (Fsp3) is 0.105. The number of hydrogen-bond acceptors (Lipinski definition) is 5. The van der Waals surface area contributed by atoms with Crippen molar-refractivity contribution in [3.05, 3.63) is 60.2 Å². The van der Waals surface area contributed by atoms with Gasteiger partial charge in [0, 0.05) is 10.9 Å². The van der Waals surface area contributed by atoms with Gasteiger partial charge in [-0.05, 0) is 37.3 Å². The highest BCUT2D eigenvalue weighted by Gasteiger charge is 2.16. The van der Waals surface area contributed by atoms with E-state index in [2.05, 4.69) is 21.2 Å². The number of aryl methyl sites for hydroxylation is 1. The molecule has 0 saturated heterocycles.